The third-order valence-corrected chi connectivity index (χ3v) is 11.3. The summed E-state index contributed by atoms with van der Waals surface area (Å²) in [6.07, 6.45) is 53.3. The zero-order chi connectivity index (χ0) is 41.0. The third-order valence-electron chi connectivity index (χ3n) is 11.3. The Balaban J connectivity index is 3.77. The maximum absolute atomic E-state index is 12.5. The van der Waals surface area contributed by atoms with Crippen molar-refractivity contribution < 1.29 is 25.2 Å². The molecule has 1 amide bonds. The highest BCUT2D eigenvalue weighted by Crippen LogP contribution is 2.15. The molecule has 0 radical (unpaired) electrons. The first-order valence-corrected chi connectivity index (χ1v) is 24.4. The highest BCUT2D eigenvalue weighted by Gasteiger charge is 2.28. The molecule has 0 aromatic heterocycles. The average molecular weight is 790 g/mol. The van der Waals surface area contributed by atoms with Gasteiger partial charge in [-0.05, 0) is 77.0 Å². The van der Waals surface area contributed by atoms with Gasteiger partial charge in [0.05, 0.1) is 18.8 Å². The second-order valence-electron chi connectivity index (χ2n) is 16.8. The maximum atomic E-state index is 12.5. The molecule has 5 N–H and O–H groups in total. The fourth-order valence-electron chi connectivity index (χ4n) is 7.42. The topological polar surface area (TPSA) is 110 Å². The van der Waals surface area contributed by atoms with Gasteiger partial charge in [0.2, 0.25) is 5.91 Å². The van der Waals surface area contributed by atoms with Crippen molar-refractivity contribution in [3.8, 4) is 0 Å². The molecule has 0 aliphatic heterocycles. The second-order valence-corrected chi connectivity index (χ2v) is 16.8. The highest BCUT2D eigenvalue weighted by molar-refractivity contribution is 5.80. The lowest BCUT2D eigenvalue weighted by Crippen LogP contribution is -2.53. The van der Waals surface area contributed by atoms with Crippen LogP contribution in [0.1, 0.15) is 245 Å². The van der Waals surface area contributed by atoms with E-state index in [1.165, 1.54) is 161 Å². The molecule has 0 saturated carbocycles. The van der Waals surface area contributed by atoms with Gasteiger partial charge in [-0.2, -0.15) is 0 Å². The number of carbonyl (C=O) groups is 1. The number of amides is 1. The van der Waals surface area contributed by atoms with E-state index in [0.29, 0.717) is 19.3 Å². The van der Waals surface area contributed by atoms with Crippen LogP contribution in [0.2, 0.25) is 0 Å². The van der Waals surface area contributed by atoms with Crippen molar-refractivity contribution in [1.29, 1.82) is 0 Å². The first kappa shape index (κ1) is 54.5. The second kappa shape index (κ2) is 44.6. The molecule has 0 bridgehead atoms. The Hall–Kier alpha value is -1.47. The minimum atomic E-state index is -1.29. The predicted molar refractivity (Wildman–Crippen MR) is 242 cm³/mol. The van der Waals surface area contributed by atoms with E-state index in [4.69, 9.17) is 0 Å². The molecule has 330 valence electrons. The summed E-state index contributed by atoms with van der Waals surface area (Å²) in [6, 6.07) is -1.01. The molecule has 0 aliphatic rings. The molecule has 0 aliphatic carbocycles. The smallest absolute Gasteiger partial charge is 0.249 e. The summed E-state index contributed by atoms with van der Waals surface area (Å²) in [7, 11) is 0. The van der Waals surface area contributed by atoms with Crippen LogP contribution in [-0.2, 0) is 4.79 Å². The van der Waals surface area contributed by atoms with E-state index in [2.05, 4.69) is 55.6 Å². The zero-order valence-electron chi connectivity index (χ0n) is 37.1. The molecule has 0 aromatic rings. The summed E-state index contributed by atoms with van der Waals surface area (Å²) in [6.45, 7) is 4.04. The minimum absolute atomic E-state index is 0.346. The molecular weight excluding hydrogens is 695 g/mol. The van der Waals surface area contributed by atoms with Gasteiger partial charge in [-0.25, -0.2) is 0 Å². The normalized spacial score (nSPS) is 14.3. The van der Waals surface area contributed by atoms with E-state index >= 15 is 0 Å². The van der Waals surface area contributed by atoms with Gasteiger partial charge in [0, 0.05) is 0 Å². The van der Waals surface area contributed by atoms with E-state index < -0.39 is 36.9 Å². The summed E-state index contributed by atoms with van der Waals surface area (Å²) in [5, 5.41) is 43.7. The molecule has 6 nitrogen and oxygen atoms in total. The number of rotatable bonds is 44. The first-order chi connectivity index (χ1) is 27.5. The summed E-state index contributed by atoms with van der Waals surface area (Å²) in [5.74, 6) is -0.605. The Kier molecular flexibility index (Phi) is 43.5. The van der Waals surface area contributed by atoms with E-state index in [9.17, 15) is 25.2 Å². The number of allylic oxidation sites excluding steroid dienone is 6. The van der Waals surface area contributed by atoms with Gasteiger partial charge >= 0.3 is 0 Å². The van der Waals surface area contributed by atoms with Crippen LogP contribution in [0.3, 0.4) is 0 Å². The lowest BCUT2D eigenvalue weighted by molar-refractivity contribution is -0.132. The van der Waals surface area contributed by atoms with Gasteiger partial charge in [0.1, 0.15) is 12.2 Å². The summed E-state index contributed by atoms with van der Waals surface area (Å²) in [5.41, 5.74) is 0. The van der Waals surface area contributed by atoms with Crippen molar-refractivity contribution in [3.63, 3.8) is 0 Å². The molecule has 4 atom stereocenters. The van der Waals surface area contributed by atoms with Gasteiger partial charge in [-0.3, -0.25) is 4.79 Å². The van der Waals surface area contributed by atoms with Crippen LogP contribution >= 0.6 is 0 Å². The van der Waals surface area contributed by atoms with Crippen LogP contribution < -0.4 is 5.32 Å². The van der Waals surface area contributed by atoms with Crippen LogP contribution in [0, 0.1) is 0 Å². The molecule has 0 rings (SSSR count). The monoisotopic (exact) mass is 790 g/mol. The minimum Gasteiger partial charge on any atom is -0.394 e. The number of nitrogens with one attached hydrogen (secondary N) is 1. The molecule has 6 heteroatoms. The number of aliphatic hydroxyl groups is 4. The molecule has 0 heterocycles. The lowest BCUT2D eigenvalue weighted by Gasteiger charge is -2.27. The molecule has 0 spiro atoms. The number of hydrogen-bond acceptors (Lipinski definition) is 5. The van der Waals surface area contributed by atoms with Crippen molar-refractivity contribution in [2.75, 3.05) is 6.61 Å². The zero-order valence-corrected chi connectivity index (χ0v) is 37.1. The number of hydrogen-bond donors (Lipinski definition) is 5. The average Bonchev–Trinajstić information content (AvgIpc) is 3.20. The van der Waals surface area contributed by atoms with Crippen LogP contribution in [-0.4, -0.2) is 57.3 Å². The SMILES string of the molecule is CCCCCCCCCCC/C=C\CCCCCCC(O)C(=O)NC(CO)C(O)C(O)CCC/C=C/CC/C=C/CCCCCCCCCCCCCCCC. The van der Waals surface area contributed by atoms with Crippen LogP contribution in [0.15, 0.2) is 36.5 Å². The Morgan fingerprint density at radius 3 is 1.12 bits per heavy atom. The molecular formula is C50H95NO5. The van der Waals surface area contributed by atoms with Crippen LogP contribution in [0.4, 0.5) is 0 Å². The standard InChI is InChI=1S/C50H95NO5/c1-3-5-7-9-11-13-15-17-19-21-22-23-24-25-26-28-29-31-33-35-37-39-41-43-47(53)49(55)46(45-52)51-50(56)48(54)44-42-40-38-36-34-32-30-27-20-18-16-14-12-10-8-6-4-2/h28-30,32,35,37,46-49,52-55H,3-27,31,33-34,36,38-45H2,1-2H3,(H,51,56)/b29-28+,32-30-,37-35+. The fourth-order valence-corrected chi connectivity index (χ4v) is 7.42. The third kappa shape index (κ3) is 38.1. The maximum Gasteiger partial charge on any atom is 0.249 e. The van der Waals surface area contributed by atoms with Crippen molar-refractivity contribution in [2.24, 2.45) is 0 Å². The lowest BCUT2D eigenvalue weighted by atomic mass is 10.00. The quantitative estimate of drug-likeness (QED) is 0.0312. The van der Waals surface area contributed by atoms with Gasteiger partial charge in [-0.1, -0.05) is 204 Å². The molecule has 0 aromatic carbocycles. The summed E-state index contributed by atoms with van der Waals surface area (Å²) >= 11 is 0. The molecule has 56 heavy (non-hydrogen) atoms. The van der Waals surface area contributed by atoms with Crippen molar-refractivity contribution >= 4 is 5.91 Å². The molecule has 0 fully saturated rings. The number of unbranched alkanes of at least 4 members (excludes halogenated alkanes) is 29. The van der Waals surface area contributed by atoms with Crippen LogP contribution in [0.5, 0.6) is 0 Å². The highest BCUT2D eigenvalue weighted by atomic mass is 16.3. The number of aliphatic hydroxyl groups excluding tert-OH is 4. The van der Waals surface area contributed by atoms with Crippen molar-refractivity contribution in [2.45, 2.75) is 269 Å². The number of carbonyl (C=O) groups excluding carboxylic acids is 1. The van der Waals surface area contributed by atoms with Crippen molar-refractivity contribution in [1.82, 2.24) is 5.32 Å². The van der Waals surface area contributed by atoms with E-state index in [0.717, 1.165) is 51.4 Å². The Morgan fingerprint density at radius 1 is 0.429 bits per heavy atom. The first-order valence-electron chi connectivity index (χ1n) is 24.4. The van der Waals surface area contributed by atoms with E-state index in [-0.39, 0.29) is 0 Å². The van der Waals surface area contributed by atoms with Gasteiger partial charge in [0.15, 0.2) is 0 Å². The summed E-state index contributed by atoms with van der Waals surface area (Å²) in [4.78, 5) is 12.5. The van der Waals surface area contributed by atoms with E-state index in [1.54, 1.807) is 0 Å². The molecule has 0 saturated heterocycles. The molecule has 4 unspecified atom stereocenters. The largest absolute Gasteiger partial charge is 0.394 e. The van der Waals surface area contributed by atoms with Crippen molar-refractivity contribution in [3.05, 3.63) is 36.5 Å². The predicted octanol–water partition coefficient (Wildman–Crippen LogP) is 13.3. The Bertz CT molecular complexity index is 889. The van der Waals surface area contributed by atoms with Gasteiger partial charge in [-0.15, -0.1) is 0 Å². The Morgan fingerprint density at radius 2 is 0.750 bits per heavy atom. The fraction of sp³-hybridized carbons (Fsp3) is 0.860. The Labute approximate surface area is 347 Å². The van der Waals surface area contributed by atoms with E-state index in [1.807, 2.05) is 0 Å². The van der Waals surface area contributed by atoms with Crippen LogP contribution in [0.25, 0.3) is 0 Å². The van der Waals surface area contributed by atoms with Gasteiger partial charge in [0.25, 0.3) is 0 Å². The van der Waals surface area contributed by atoms with Gasteiger partial charge < -0.3 is 25.7 Å². The summed E-state index contributed by atoms with van der Waals surface area (Å²) < 4.78 is 0.